The molecule has 2 aromatic rings. The van der Waals surface area contributed by atoms with Gasteiger partial charge in [0.15, 0.2) is 5.78 Å². The molecule has 6 rings (SSSR count). The number of aromatic nitrogens is 2. The highest BCUT2D eigenvalue weighted by Crippen LogP contribution is 2.46. The van der Waals surface area contributed by atoms with Crippen LogP contribution in [0, 0.1) is 16.7 Å². The number of hydrogen-bond acceptors (Lipinski definition) is 8. The number of nitrogens with zero attached hydrogens (tertiary/aromatic N) is 6. The van der Waals surface area contributed by atoms with Crippen LogP contribution in [-0.2, 0) is 24.1 Å². The van der Waals surface area contributed by atoms with Crippen LogP contribution in [0.4, 0.5) is 5.82 Å². The zero-order valence-corrected chi connectivity index (χ0v) is 23.8. The molecule has 41 heavy (non-hydrogen) atoms. The molecule has 0 N–H and O–H groups in total. The highest BCUT2D eigenvalue weighted by Gasteiger charge is 2.47. The van der Waals surface area contributed by atoms with Crippen molar-refractivity contribution in [3.05, 3.63) is 59.3 Å². The van der Waals surface area contributed by atoms with Crippen molar-refractivity contribution in [2.45, 2.75) is 63.5 Å². The van der Waals surface area contributed by atoms with Crippen LogP contribution < -0.4 is 9.64 Å². The van der Waals surface area contributed by atoms with Gasteiger partial charge in [-0.2, -0.15) is 15.2 Å². The molecular formula is C32H38N6O3. The second kappa shape index (κ2) is 11.2. The summed E-state index contributed by atoms with van der Waals surface area (Å²) >= 11 is 0. The first-order chi connectivity index (χ1) is 19.9. The van der Waals surface area contributed by atoms with Crippen LogP contribution in [0.25, 0.3) is 0 Å². The number of piperazine rings is 1. The highest BCUT2D eigenvalue weighted by molar-refractivity contribution is 6.02. The molecule has 9 nitrogen and oxygen atoms in total. The van der Waals surface area contributed by atoms with E-state index in [1.165, 1.54) is 17.2 Å². The number of rotatable bonds is 6. The summed E-state index contributed by atoms with van der Waals surface area (Å²) in [7, 11) is 2.10. The zero-order valence-electron chi connectivity index (χ0n) is 23.8. The van der Waals surface area contributed by atoms with Crippen molar-refractivity contribution in [1.29, 1.82) is 5.26 Å². The lowest BCUT2D eigenvalue weighted by Gasteiger charge is -2.43. The van der Waals surface area contributed by atoms with Gasteiger partial charge in [0.2, 0.25) is 5.91 Å². The zero-order chi connectivity index (χ0) is 28.6. The van der Waals surface area contributed by atoms with Crippen molar-refractivity contribution in [2.75, 3.05) is 44.7 Å². The molecule has 214 valence electrons. The van der Waals surface area contributed by atoms with Crippen LogP contribution in [0.2, 0.25) is 0 Å². The van der Waals surface area contributed by atoms with Crippen molar-refractivity contribution in [3.63, 3.8) is 0 Å². The molecule has 3 heterocycles. The number of likely N-dealkylation sites (N-methyl/N-ethyl adjacent to an activating group) is 1. The minimum Gasteiger partial charge on any atom is -0.462 e. The van der Waals surface area contributed by atoms with E-state index in [1.807, 2.05) is 0 Å². The Balaban J connectivity index is 1.34. The topological polar surface area (TPSA) is 103 Å². The molecule has 9 heteroatoms. The van der Waals surface area contributed by atoms with Crippen molar-refractivity contribution in [3.8, 4) is 12.1 Å². The predicted octanol–water partition coefficient (Wildman–Crippen LogP) is 3.37. The monoisotopic (exact) mass is 554 g/mol. The Bertz CT molecular complexity index is 1400. The summed E-state index contributed by atoms with van der Waals surface area (Å²) < 4.78 is 6.22. The Kier molecular flexibility index (Phi) is 7.52. The lowest BCUT2D eigenvalue weighted by atomic mass is 9.63. The van der Waals surface area contributed by atoms with E-state index < -0.39 is 5.41 Å². The van der Waals surface area contributed by atoms with E-state index in [0.717, 1.165) is 50.6 Å². The Labute approximate surface area is 241 Å². The normalized spacial score (nSPS) is 25.9. The first-order valence-electron chi connectivity index (χ1n) is 14.8. The number of nitriles is 1. The number of Topliss-reactive ketones (excluding diaryl/α,β-unsaturated/α-hetero) is 1. The third-order valence-electron chi connectivity index (χ3n) is 9.68. The molecule has 2 aliphatic heterocycles. The van der Waals surface area contributed by atoms with Crippen LogP contribution in [0.1, 0.15) is 59.3 Å². The van der Waals surface area contributed by atoms with Gasteiger partial charge in [-0.05, 0) is 75.7 Å². The van der Waals surface area contributed by atoms with Gasteiger partial charge in [0.25, 0.3) is 0 Å². The van der Waals surface area contributed by atoms with Crippen molar-refractivity contribution in [1.82, 2.24) is 19.8 Å². The third-order valence-corrected chi connectivity index (χ3v) is 9.68. The third kappa shape index (κ3) is 5.10. The number of amides is 1. The Morgan fingerprint density at radius 2 is 1.98 bits per heavy atom. The molecule has 3 atom stereocenters. The summed E-state index contributed by atoms with van der Waals surface area (Å²) in [5, 5.41) is 9.50. The lowest BCUT2D eigenvalue weighted by molar-refractivity contribution is -0.128. The van der Waals surface area contributed by atoms with Gasteiger partial charge in [-0.15, -0.1) is 0 Å². The van der Waals surface area contributed by atoms with Gasteiger partial charge in [-0.1, -0.05) is 30.8 Å². The molecule has 0 saturated carbocycles. The Morgan fingerprint density at radius 1 is 1.17 bits per heavy atom. The second-order valence-electron chi connectivity index (χ2n) is 12.0. The highest BCUT2D eigenvalue weighted by atomic mass is 16.5. The van der Waals surface area contributed by atoms with Gasteiger partial charge >= 0.3 is 6.01 Å². The van der Waals surface area contributed by atoms with Gasteiger partial charge in [0.05, 0.1) is 18.5 Å². The van der Waals surface area contributed by atoms with Gasteiger partial charge in [-0.3, -0.25) is 9.59 Å². The average Bonchev–Trinajstić information content (AvgIpc) is 3.42. The van der Waals surface area contributed by atoms with Crippen LogP contribution in [0.3, 0.4) is 0 Å². The molecule has 1 aromatic carbocycles. The maximum absolute atomic E-state index is 14.4. The van der Waals surface area contributed by atoms with Crippen molar-refractivity contribution >= 4 is 17.5 Å². The SMILES string of the molecule is C=CC(=O)N1CCN(c2nc(OC[C@@H]3CCCN3C)nc3c2CC[C@@]2(CCc4ccccc4C2)C3=O)C[C@@H]1CC#N. The van der Waals surface area contributed by atoms with E-state index in [-0.39, 0.29) is 30.2 Å². The smallest absolute Gasteiger partial charge is 0.319 e. The second-order valence-corrected chi connectivity index (χ2v) is 12.0. The van der Waals surface area contributed by atoms with Crippen LogP contribution in [0.5, 0.6) is 6.01 Å². The largest absolute Gasteiger partial charge is 0.462 e. The molecule has 2 aliphatic carbocycles. The molecule has 2 fully saturated rings. The number of fused-ring (bicyclic) bond motifs is 2. The van der Waals surface area contributed by atoms with E-state index in [2.05, 4.69) is 53.8 Å². The maximum Gasteiger partial charge on any atom is 0.319 e. The van der Waals surface area contributed by atoms with E-state index in [4.69, 9.17) is 14.7 Å². The molecule has 0 bridgehead atoms. The van der Waals surface area contributed by atoms with Crippen molar-refractivity contribution in [2.24, 2.45) is 5.41 Å². The number of hydrogen-bond donors (Lipinski definition) is 0. The summed E-state index contributed by atoms with van der Waals surface area (Å²) in [4.78, 5) is 42.7. The minimum absolute atomic E-state index is 0.0915. The van der Waals surface area contributed by atoms with E-state index in [9.17, 15) is 14.9 Å². The van der Waals surface area contributed by atoms with Gasteiger partial charge in [0.1, 0.15) is 18.1 Å². The number of likely N-dealkylation sites (tertiary alicyclic amines) is 1. The fraction of sp³-hybridized carbons (Fsp3) is 0.531. The number of aryl methyl sites for hydroxylation is 1. The molecule has 0 unspecified atom stereocenters. The first kappa shape index (κ1) is 27.4. The first-order valence-corrected chi connectivity index (χ1v) is 14.8. The lowest BCUT2D eigenvalue weighted by Crippen LogP contribution is -2.55. The molecule has 0 radical (unpaired) electrons. The number of anilines is 1. The van der Waals surface area contributed by atoms with E-state index >= 15 is 0 Å². The summed E-state index contributed by atoms with van der Waals surface area (Å²) in [5.41, 5.74) is 3.48. The molecular weight excluding hydrogens is 516 g/mol. The Morgan fingerprint density at radius 3 is 2.73 bits per heavy atom. The quantitative estimate of drug-likeness (QED) is 0.501. The maximum atomic E-state index is 14.4. The average molecular weight is 555 g/mol. The number of ketones is 1. The fourth-order valence-corrected chi connectivity index (χ4v) is 7.23. The van der Waals surface area contributed by atoms with Crippen LogP contribution >= 0.6 is 0 Å². The van der Waals surface area contributed by atoms with Crippen LogP contribution in [0.15, 0.2) is 36.9 Å². The summed E-state index contributed by atoms with van der Waals surface area (Å²) in [6, 6.07) is 10.9. The molecule has 4 aliphatic rings. The number of ether oxygens (including phenoxy) is 1. The standard InChI is InChI=1S/C32H38N6O3/c1-3-27(39)38-18-17-37(20-24(38)12-15-33)30-26-11-14-32(13-10-22-7-4-5-8-23(22)19-32)29(40)28(26)34-31(35-30)41-21-25-9-6-16-36(25)2/h3-5,7-8,24-25H,1,6,9-14,16-21H2,2H3/t24-,25-,32+/m0/s1. The van der Waals surface area contributed by atoms with E-state index in [1.54, 1.807) is 4.90 Å². The molecule has 1 spiro atoms. The van der Waals surface area contributed by atoms with E-state index in [0.29, 0.717) is 50.2 Å². The summed E-state index contributed by atoms with van der Waals surface area (Å²) in [6.07, 6.45) is 7.62. The Hall–Kier alpha value is -3.77. The molecule has 1 amide bonds. The number of benzene rings is 1. The number of carbonyl (C=O) groups excluding carboxylic acids is 2. The van der Waals surface area contributed by atoms with Crippen molar-refractivity contribution < 1.29 is 14.3 Å². The number of carbonyl (C=O) groups is 2. The van der Waals surface area contributed by atoms with Gasteiger partial charge < -0.3 is 19.4 Å². The van der Waals surface area contributed by atoms with Crippen LogP contribution in [-0.4, -0.2) is 83.4 Å². The summed E-state index contributed by atoms with van der Waals surface area (Å²) in [6.45, 7) is 6.60. The fourth-order valence-electron chi connectivity index (χ4n) is 7.23. The molecule has 2 saturated heterocycles. The summed E-state index contributed by atoms with van der Waals surface area (Å²) in [5.74, 6) is 0.626. The van der Waals surface area contributed by atoms with Gasteiger partial charge in [-0.25, -0.2) is 0 Å². The predicted molar refractivity (Wildman–Crippen MR) is 155 cm³/mol. The molecule has 1 aromatic heterocycles. The van der Waals surface area contributed by atoms with Gasteiger partial charge in [0, 0.05) is 36.7 Å². The minimum atomic E-state index is -0.464.